The van der Waals surface area contributed by atoms with Gasteiger partial charge in [-0.15, -0.1) is 0 Å². The van der Waals surface area contributed by atoms with E-state index in [1.807, 2.05) is 0 Å². The van der Waals surface area contributed by atoms with E-state index in [1.54, 1.807) is 7.11 Å². The van der Waals surface area contributed by atoms with E-state index in [-0.39, 0.29) is 13.2 Å². The number of carbonyl (C=O) groups excluding carboxylic acids is 1. The Hall–Kier alpha value is -0.810. The van der Waals surface area contributed by atoms with Crippen LogP contribution in [-0.2, 0) is 9.47 Å². The highest BCUT2D eigenvalue weighted by Crippen LogP contribution is 1.75. The Bertz CT molecular complexity index is 107. The fraction of sp³-hybridized carbons (Fsp3) is 0.833. The summed E-state index contributed by atoms with van der Waals surface area (Å²) in [6.45, 7) is 0.742. The number of hydrogen-bond donors (Lipinski definition) is 2. The van der Waals surface area contributed by atoms with E-state index in [0.717, 1.165) is 0 Å². The fourth-order valence-corrected chi connectivity index (χ4v) is 0.445. The Morgan fingerprint density at radius 2 is 2.27 bits per heavy atom. The van der Waals surface area contributed by atoms with E-state index in [1.165, 1.54) is 0 Å². The highest BCUT2D eigenvalue weighted by Gasteiger charge is 1.97. The molecule has 0 aromatic carbocycles. The van der Waals surface area contributed by atoms with Gasteiger partial charge in [0.1, 0.15) is 6.61 Å². The minimum absolute atomic E-state index is 0.0266. The van der Waals surface area contributed by atoms with Gasteiger partial charge in [-0.25, -0.2) is 4.79 Å². The zero-order valence-electron chi connectivity index (χ0n) is 6.50. The highest BCUT2D eigenvalue weighted by atomic mass is 16.6. The number of carbonyl (C=O) groups is 1. The van der Waals surface area contributed by atoms with Gasteiger partial charge in [0, 0.05) is 13.7 Å². The van der Waals surface area contributed by atoms with Gasteiger partial charge in [-0.3, -0.25) is 0 Å². The molecular weight excluding hydrogens is 150 g/mol. The van der Waals surface area contributed by atoms with Gasteiger partial charge in [-0.1, -0.05) is 0 Å². The van der Waals surface area contributed by atoms with Crippen LogP contribution in [0, 0.1) is 0 Å². The third-order valence-corrected chi connectivity index (χ3v) is 0.900. The smallest absolute Gasteiger partial charge is 0.407 e. The first-order valence-corrected chi connectivity index (χ1v) is 3.31. The Morgan fingerprint density at radius 3 is 2.82 bits per heavy atom. The minimum Gasteiger partial charge on any atom is -0.447 e. The third-order valence-electron chi connectivity index (χ3n) is 0.900. The first-order chi connectivity index (χ1) is 5.31. The van der Waals surface area contributed by atoms with Crippen molar-refractivity contribution in [3.63, 3.8) is 0 Å². The number of aliphatic hydroxyl groups is 1. The Kier molecular flexibility index (Phi) is 6.76. The summed E-state index contributed by atoms with van der Waals surface area (Å²) in [4.78, 5) is 10.6. The second kappa shape index (κ2) is 7.30. The quantitative estimate of drug-likeness (QED) is 0.528. The SMILES string of the molecule is COCCNC(=O)OCCO. The highest BCUT2D eigenvalue weighted by molar-refractivity contribution is 5.66. The van der Waals surface area contributed by atoms with Gasteiger partial charge in [-0.05, 0) is 0 Å². The van der Waals surface area contributed by atoms with Crippen molar-refractivity contribution in [2.24, 2.45) is 0 Å². The molecule has 11 heavy (non-hydrogen) atoms. The standard InChI is InChI=1S/C6H13NO4/c1-10-4-2-7-6(9)11-5-3-8/h8H,2-5H2,1H3,(H,7,9). The van der Waals surface area contributed by atoms with Crippen molar-refractivity contribution in [1.29, 1.82) is 0 Å². The molecule has 0 heterocycles. The Balaban J connectivity index is 3.09. The molecule has 2 N–H and O–H groups in total. The number of aliphatic hydroxyl groups excluding tert-OH is 1. The lowest BCUT2D eigenvalue weighted by atomic mass is 10.7. The van der Waals surface area contributed by atoms with Crippen LogP contribution < -0.4 is 5.32 Å². The number of rotatable bonds is 5. The molecule has 0 rings (SSSR count). The van der Waals surface area contributed by atoms with Crippen LogP contribution >= 0.6 is 0 Å². The maximum absolute atomic E-state index is 10.6. The Morgan fingerprint density at radius 1 is 1.55 bits per heavy atom. The molecule has 1 amide bonds. The molecule has 0 saturated carbocycles. The molecule has 0 aliphatic rings. The normalized spacial score (nSPS) is 9.27. The summed E-state index contributed by atoms with van der Waals surface area (Å²) in [6, 6.07) is 0. The van der Waals surface area contributed by atoms with E-state index in [2.05, 4.69) is 14.8 Å². The number of nitrogens with one attached hydrogen (secondary N) is 1. The third kappa shape index (κ3) is 7.08. The molecule has 5 heteroatoms. The summed E-state index contributed by atoms with van der Waals surface area (Å²) >= 11 is 0. The van der Waals surface area contributed by atoms with Gasteiger partial charge in [-0.2, -0.15) is 0 Å². The topological polar surface area (TPSA) is 67.8 Å². The maximum atomic E-state index is 10.6. The van der Waals surface area contributed by atoms with Gasteiger partial charge in [0.25, 0.3) is 0 Å². The lowest BCUT2D eigenvalue weighted by molar-refractivity contribution is 0.115. The zero-order chi connectivity index (χ0) is 8.53. The molecule has 0 unspecified atom stereocenters. The van der Waals surface area contributed by atoms with Crippen molar-refractivity contribution in [3.8, 4) is 0 Å². The molecule has 0 radical (unpaired) electrons. The summed E-state index contributed by atoms with van der Waals surface area (Å²) in [7, 11) is 1.54. The van der Waals surface area contributed by atoms with Crippen LogP contribution in [0.1, 0.15) is 0 Å². The average Bonchev–Trinajstić information content (AvgIpc) is 2.01. The largest absolute Gasteiger partial charge is 0.447 e. The molecule has 0 atom stereocenters. The molecule has 0 aliphatic heterocycles. The fourth-order valence-electron chi connectivity index (χ4n) is 0.445. The molecule has 0 bridgehead atoms. The minimum atomic E-state index is -0.531. The number of hydrogen-bond acceptors (Lipinski definition) is 4. The number of alkyl carbamates (subject to hydrolysis) is 1. The van der Waals surface area contributed by atoms with Crippen molar-refractivity contribution in [3.05, 3.63) is 0 Å². The first kappa shape index (κ1) is 10.2. The number of amides is 1. The summed E-state index contributed by atoms with van der Waals surface area (Å²) in [5.74, 6) is 0. The zero-order valence-corrected chi connectivity index (χ0v) is 6.50. The van der Waals surface area contributed by atoms with Crippen LogP contribution in [0.3, 0.4) is 0 Å². The predicted molar refractivity (Wildman–Crippen MR) is 38.3 cm³/mol. The van der Waals surface area contributed by atoms with Gasteiger partial charge < -0.3 is 19.9 Å². The van der Waals surface area contributed by atoms with Crippen molar-refractivity contribution < 1.29 is 19.4 Å². The summed E-state index contributed by atoms with van der Waals surface area (Å²) in [5, 5.41) is 10.7. The summed E-state index contributed by atoms with van der Waals surface area (Å²) in [5.41, 5.74) is 0. The van der Waals surface area contributed by atoms with E-state index in [0.29, 0.717) is 13.2 Å². The first-order valence-electron chi connectivity index (χ1n) is 3.31. The van der Waals surface area contributed by atoms with E-state index < -0.39 is 6.09 Å². The predicted octanol–water partition coefficient (Wildman–Crippen LogP) is -0.649. The number of methoxy groups -OCH3 is 1. The van der Waals surface area contributed by atoms with Crippen molar-refractivity contribution in [1.82, 2.24) is 5.32 Å². The van der Waals surface area contributed by atoms with Crippen LogP contribution in [0.4, 0.5) is 4.79 Å². The van der Waals surface area contributed by atoms with Crippen LogP contribution in [0.2, 0.25) is 0 Å². The molecule has 0 aliphatic carbocycles. The Labute approximate surface area is 65.3 Å². The van der Waals surface area contributed by atoms with Gasteiger partial charge >= 0.3 is 6.09 Å². The monoisotopic (exact) mass is 163 g/mol. The maximum Gasteiger partial charge on any atom is 0.407 e. The molecule has 0 fully saturated rings. The lowest BCUT2D eigenvalue weighted by Gasteiger charge is -2.03. The van der Waals surface area contributed by atoms with E-state index >= 15 is 0 Å². The van der Waals surface area contributed by atoms with Gasteiger partial charge in [0.2, 0.25) is 0 Å². The summed E-state index contributed by atoms with van der Waals surface area (Å²) in [6.07, 6.45) is -0.531. The molecular formula is C6H13NO4. The van der Waals surface area contributed by atoms with Gasteiger partial charge in [0.15, 0.2) is 0 Å². The molecule has 0 aromatic heterocycles. The molecule has 0 aromatic rings. The summed E-state index contributed by atoms with van der Waals surface area (Å²) < 4.78 is 9.16. The van der Waals surface area contributed by atoms with Crippen LogP contribution in [0.15, 0.2) is 0 Å². The molecule has 5 nitrogen and oxygen atoms in total. The van der Waals surface area contributed by atoms with Crippen LogP contribution in [0.25, 0.3) is 0 Å². The van der Waals surface area contributed by atoms with E-state index in [4.69, 9.17) is 5.11 Å². The molecule has 0 spiro atoms. The lowest BCUT2D eigenvalue weighted by Crippen LogP contribution is -2.28. The second-order valence-electron chi connectivity index (χ2n) is 1.78. The second-order valence-corrected chi connectivity index (χ2v) is 1.78. The van der Waals surface area contributed by atoms with Crippen molar-refractivity contribution in [2.45, 2.75) is 0 Å². The van der Waals surface area contributed by atoms with Crippen LogP contribution in [0.5, 0.6) is 0 Å². The van der Waals surface area contributed by atoms with E-state index in [9.17, 15) is 4.79 Å². The van der Waals surface area contributed by atoms with Crippen molar-refractivity contribution >= 4 is 6.09 Å². The molecule has 66 valence electrons. The molecule has 0 saturated heterocycles. The van der Waals surface area contributed by atoms with Crippen molar-refractivity contribution in [2.75, 3.05) is 33.5 Å². The van der Waals surface area contributed by atoms with Gasteiger partial charge in [0.05, 0.1) is 13.2 Å². The van der Waals surface area contributed by atoms with Crippen LogP contribution in [-0.4, -0.2) is 44.7 Å². The average molecular weight is 163 g/mol. The number of ether oxygens (including phenoxy) is 2.